The van der Waals surface area contributed by atoms with Crippen LogP contribution in [-0.4, -0.2) is 29.1 Å². The smallest absolute Gasteiger partial charge is 0.275 e. The van der Waals surface area contributed by atoms with Crippen molar-refractivity contribution in [1.29, 1.82) is 0 Å². The fourth-order valence-electron chi connectivity index (χ4n) is 0.0417. The van der Waals surface area contributed by atoms with Crippen molar-refractivity contribution >= 4 is 29.1 Å². The van der Waals surface area contributed by atoms with Gasteiger partial charge in [-0.05, 0) is 0 Å². The van der Waals surface area contributed by atoms with Crippen molar-refractivity contribution in [3.8, 4) is 0 Å². The standard InChI is InChI=1S/CH6N4O.Mg.2H/c2-4-1(6)5-3;;;/h2-3H2,(H2,4,5,6);;;. The Bertz CT molecular complexity index is 49.7. The van der Waals surface area contributed by atoms with Gasteiger partial charge < -0.3 is 0 Å². The summed E-state index contributed by atoms with van der Waals surface area (Å²) in [4.78, 5) is 9.71. The number of nitrogens with one attached hydrogen (secondary N) is 2. The van der Waals surface area contributed by atoms with E-state index in [1.807, 2.05) is 0 Å². The Labute approximate surface area is 56.9 Å². The molecule has 7 heavy (non-hydrogen) atoms. The first-order valence-electron chi connectivity index (χ1n) is 1.28. The Hall–Kier alpha value is -0.0438. The number of hydrogen-bond acceptors (Lipinski definition) is 3. The van der Waals surface area contributed by atoms with Crippen LogP contribution < -0.4 is 22.5 Å². The highest BCUT2D eigenvalue weighted by Crippen LogP contribution is 1.42. The summed E-state index contributed by atoms with van der Waals surface area (Å²) < 4.78 is 0. The van der Waals surface area contributed by atoms with E-state index in [1.54, 1.807) is 10.9 Å². The fourth-order valence-corrected chi connectivity index (χ4v) is 0.0417. The number of hydrazine groups is 2. The molecule has 0 rings (SSSR count). The second-order valence-corrected chi connectivity index (χ2v) is 0.618. The van der Waals surface area contributed by atoms with Crippen molar-refractivity contribution in [2.24, 2.45) is 11.7 Å². The first-order chi connectivity index (χ1) is 2.81. The quantitative estimate of drug-likeness (QED) is 0.119. The van der Waals surface area contributed by atoms with E-state index < -0.39 is 6.03 Å². The molecule has 0 aromatic carbocycles. The van der Waals surface area contributed by atoms with Crippen LogP contribution >= 0.6 is 0 Å². The van der Waals surface area contributed by atoms with Gasteiger partial charge in [-0.3, -0.25) is 10.9 Å². The van der Waals surface area contributed by atoms with Crippen LogP contribution in [0.3, 0.4) is 0 Å². The van der Waals surface area contributed by atoms with E-state index in [-0.39, 0.29) is 23.1 Å². The first-order valence-corrected chi connectivity index (χ1v) is 1.28. The van der Waals surface area contributed by atoms with Gasteiger partial charge in [0.15, 0.2) is 0 Å². The molecule has 0 bridgehead atoms. The van der Waals surface area contributed by atoms with Gasteiger partial charge in [0.2, 0.25) is 0 Å². The summed E-state index contributed by atoms with van der Waals surface area (Å²) in [6.07, 6.45) is 0. The van der Waals surface area contributed by atoms with Crippen molar-refractivity contribution in [3.63, 3.8) is 0 Å². The number of carbonyl (C=O) groups is 1. The molecule has 0 aromatic heterocycles. The van der Waals surface area contributed by atoms with Gasteiger partial charge in [0.25, 0.3) is 0 Å². The number of amides is 2. The van der Waals surface area contributed by atoms with Crippen LogP contribution in [0.1, 0.15) is 0 Å². The molecule has 0 spiro atoms. The van der Waals surface area contributed by atoms with E-state index in [4.69, 9.17) is 0 Å². The molecule has 0 radical (unpaired) electrons. The Morgan fingerprint density at radius 2 is 1.57 bits per heavy atom. The van der Waals surface area contributed by atoms with Crippen LogP contribution in [0, 0.1) is 0 Å². The minimum atomic E-state index is -0.602. The highest BCUT2D eigenvalue weighted by molar-refractivity contribution is 5.75. The SMILES string of the molecule is NNC(=O)NN.[MgH2]. The molecule has 0 atom stereocenters. The highest BCUT2D eigenvalue weighted by Gasteiger charge is 1.82. The predicted molar refractivity (Wildman–Crippen MR) is 28.6 cm³/mol. The summed E-state index contributed by atoms with van der Waals surface area (Å²) in [5.74, 6) is 9.08. The van der Waals surface area contributed by atoms with Crippen molar-refractivity contribution in [2.75, 3.05) is 0 Å². The lowest BCUT2D eigenvalue weighted by Crippen LogP contribution is -2.43. The number of rotatable bonds is 0. The molecule has 40 valence electrons. The minimum Gasteiger partial charge on any atom is -0.275 e. The monoisotopic (exact) mass is 116 g/mol. The summed E-state index contributed by atoms with van der Waals surface area (Å²) in [7, 11) is 0. The maximum Gasteiger partial charge on any atom is 0.343 e. The van der Waals surface area contributed by atoms with Crippen LogP contribution in [0.15, 0.2) is 0 Å². The molecule has 6 heteroatoms. The molecule has 0 aliphatic rings. The largest absolute Gasteiger partial charge is 0.343 e. The lowest BCUT2D eigenvalue weighted by Gasteiger charge is -1.90. The molecule has 0 aliphatic heterocycles. The Morgan fingerprint density at radius 3 is 1.57 bits per heavy atom. The number of nitrogens with two attached hydrogens (primary N) is 2. The summed E-state index contributed by atoms with van der Waals surface area (Å²) >= 11 is 0. The van der Waals surface area contributed by atoms with Crippen molar-refractivity contribution in [3.05, 3.63) is 0 Å². The Balaban J connectivity index is 0. The van der Waals surface area contributed by atoms with Crippen molar-refractivity contribution in [1.82, 2.24) is 10.9 Å². The zero-order chi connectivity index (χ0) is 4.99. The van der Waals surface area contributed by atoms with Gasteiger partial charge in [-0.1, -0.05) is 0 Å². The molecule has 0 saturated heterocycles. The third-order valence-electron chi connectivity index (χ3n) is 0.262. The molecule has 0 heterocycles. The lowest BCUT2D eigenvalue weighted by atomic mass is 11.1. The van der Waals surface area contributed by atoms with E-state index in [0.717, 1.165) is 0 Å². The third-order valence-corrected chi connectivity index (χ3v) is 0.262. The molecular formula is CH8MgN4O. The Morgan fingerprint density at radius 1 is 1.29 bits per heavy atom. The molecule has 0 aliphatic carbocycles. The average molecular weight is 116 g/mol. The third kappa shape index (κ3) is 5.96. The second-order valence-electron chi connectivity index (χ2n) is 0.618. The summed E-state index contributed by atoms with van der Waals surface area (Å²) in [5.41, 5.74) is 3.48. The van der Waals surface area contributed by atoms with Crippen LogP contribution in [0.25, 0.3) is 0 Å². The van der Waals surface area contributed by atoms with Gasteiger partial charge >= 0.3 is 29.1 Å². The summed E-state index contributed by atoms with van der Waals surface area (Å²) in [6, 6.07) is -0.602. The highest BCUT2D eigenvalue weighted by atomic mass is 24.3. The minimum absolute atomic E-state index is 0. The van der Waals surface area contributed by atoms with E-state index in [9.17, 15) is 4.79 Å². The predicted octanol–water partition coefficient (Wildman–Crippen LogP) is -2.88. The molecule has 5 nitrogen and oxygen atoms in total. The zero-order valence-corrected chi connectivity index (χ0v) is 3.06. The first kappa shape index (κ1) is 10.0. The topological polar surface area (TPSA) is 93.2 Å². The van der Waals surface area contributed by atoms with Crippen molar-refractivity contribution < 1.29 is 4.79 Å². The van der Waals surface area contributed by atoms with Gasteiger partial charge in [-0.25, -0.2) is 16.5 Å². The lowest BCUT2D eigenvalue weighted by molar-refractivity contribution is 0.241. The van der Waals surface area contributed by atoms with Gasteiger partial charge in [-0.15, -0.1) is 0 Å². The van der Waals surface area contributed by atoms with Crippen molar-refractivity contribution in [2.45, 2.75) is 0 Å². The second kappa shape index (κ2) is 5.96. The summed E-state index contributed by atoms with van der Waals surface area (Å²) in [5, 5.41) is 0. The van der Waals surface area contributed by atoms with Gasteiger partial charge in [0.05, 0.1) is 0 Å². The van der Waals surface area contributed by atoms with Crippen LogP contribution in [0.2, 0.25) is 0 Å². The van der Waals surface area contributed by atoms with Crippen LogP contribution in [0.4, 0.5) is 4.79 Å². The van der Waals surface area contributed by atoms with Gasteiger partial charge in [0, 0.05) is 0 Å². The number of carbonyl (C=O) groups excluding carboxylic acids is 1. The molecule has 2 amide bonds. The number of urea groups is 1. The van der Waals surface area contributed by atoms with E-state index >= 15 is 0 Å². The average Bonchev–Trinajstić information content (AvgIpc) is 1.65. The van der Waals surface area contributed by atoms with Crippen LogP contribution in [-0.2, 0) is 0 Å². The molecule has 0 aromatic rings. The molecule has 6 N–H and O–H groups in total. The van der Waals surface area contributed by atoms with Gasteiger partial charge in [0.1, 0.15) is 0 Å². The molecular weight excluding hydrogens is 108 g/mol. The maximum atomic E-state index is 9.71. The molecule has 0 fully saturated rings. The fraction of sp³-hybridized carbons (Fsp3) is 0. The van der Waals surface area contributed by atoms with E-state index in [0.29, 0.717) is 0 Å². The molecule has 0 unspecified atom stereocenters. The Kier molecular flexibility index (Phi) is 8.55. The number of hydrogen-bond donors (Lipinski definition) is 4. The maximum absolute atomic E-state index is 9.71. The van der Waals surface area contributed by atoms with E-state index in [2.05, 4.69) is 11.7 Å². The normalized spacial score (nSPS) is 6.00. The van der Waals surface area contributed by atoms with E-state index in [1.165, 1.54) is 0 Å². The molecule has 0 saturated carbocycles. The van der Waals surface area contributed by atoms with Crippen LogP contribution in [0.5, 0.6) is 0 Å². The zero-order valence-electron chi connectivity index (χ0n) is 3.06. The summed E-state index contributed by atoms with van der Waals surface area (Å²) in [6.45, 7) is 0. The van der Waals surface area contributed by atoms with Gasteiger partial charge in [-0.2, -0.15) is 0 Å².